The van der Waals surface area contributed by atoms with Crippen LogP contribution in [0.5, 0.6) is 0 Å². The van der Waals surface area contributed by atoms with Gasteiger partial charge in [0, 0.05) is 18.3 Å². The van der Waals surface area contributed by atoms with Crippen molar-refractivity contribution in [2.45, 2.75) is 27.2 Å². The fourth-order valence-electron chi connectivity index (χ4n) is 2.10. The lowest BCUT2D eigenvalue weighted by atomic mass is 10.1. The highest BCUT2D eigenvalue weighted by Crippen LogP contribution is 2.10. The fourth-order valence-corrected chi connectivity index (χ4v) is 2.10. The molecule has 0 atom stereocenters. The van der Waals surface area contributed by atoms with Crippen LogP contribution in [0.15, 0.2) is 30.6 Å². The summed E-state index contributed by atoms with van der Waals surface area (Å²) in [6, 6.07) is 8.63. The standard InChI is InChI=1S/C15H19N3/c1-11-6-12(2)8-14(7-11)4-5-16-15-9-13(3)17-10-18-15/h6-10H,4-5H2,1-3H3,(H,16,17,18). The van der Waals surface area contributed by atoms with E-state index < -0.39 is 0 Å². The largest absolute Gasteiger partial charge is 0.370 e. The molecule has 0 radical (unpaired) electrons. The molecule has 2 rings (SSSR count). The summed E-state index contributed by atoms with van der Waals surface area (Å²) in [5.41, 5.74) is 5.00. The first-order chi connectivity index (χ1) is 8.63. The van der Waals surface area contributed by atoms with Crippen LogP contribution in [-0.2, 0) is 6.42 Å². The molecule has 0 aliphatic heterocycles. The first-order valence-electron chi connectivity index (χ1n) is 6.23. The van der Waals surface area contributed by atoms with E-state index in [0.29, 0.717) is 0 Å². The molecule has 0 aliphatic carbocycles. The van der Waals surface area contributed by atoms with Crippen molar-refractivity contribution in [2.24, 2.45) is 0 Å². The van der Waals surface area contributed by atoms with E-state index in [9.17, 15) is 0 Å². The molecule has 0 aliphatic rings. The summed E-state index contributed by atoms with van der Waals surface area (Å²) in [6.45, 7) is 7.13. The van der Waals surface area contributed by atoms with Gasteiger partial charge in [0.25, 0.3) is 0 Å². The highest BCUT2D eigenvalue weighted by molar-refractivity contribution is 5.35. The van der Waals surface area contributed by atoms with Gasteiger partial charge in [-0.1, -0.05) is 29.3 Å². The van der Waals surface area contributed by atoms with Crippen molar-refractivity contribution in [2.75, 3.05) is 11.9 Å². The van der Waals surface area contributed by atoms with Crippen LogP contribution in [0, 0.1) is 20.8 Å². The van der Waals surface area contributed by atoms with E-state index in [-0.39, 0.29) is 0 Å². The third kappa shape index (κ3) is 3.55. The Morgan fingerprint density at radius 1 is 0.944 bits per heavy atom. The molecule has 0 saturated carbocycles. The Bertz CT molecular complexity index is 515. The molecule has 0 spiro atoms. The molecule has 0 fully saturated rings. The Labute approximate surface area is 108 Å². The van der Waals surface area contributed by atoms with Gasteiger partial charge < -0.3 is 5.32 Å². The summed E-state index contributed by atoms with van der Waals surface area (Å²) in [4.78, 5) is 8.26. The van der Waals surface area contributed by atoms with Crippen molar-refractivity contribution in [3.05, 3.63) is 53.0 Å². The second-order valence-corrected chi connectivity index (χ2v) is 4.72. The molecule has 0 bridgehead atoms. The van der Waals surface area contributed by atoms with E-state index in [0.717, 1.165) is 24.5 Å². The van der Waals surface area contributed by atoms with Crippen LogP contribution in [-0.4, -0.2) is 16.5 Å². The lowest BCUT2D eigenvalue weighted by Gasteiger charge is -2.07. The molecule has 0 amide bonds. The highest BCUT2D eigenvalue weighted by Gasteiger charge is 1.98. The lowest BCUT2D eigenvalue weighted by molar-refractivity contribution is 0.988. The third-order valence-corrected chi connectivity index (χ3v) is 2.81. The Morgan fingerprint density at radius 3 is 2.33 bits per heavy atom. The Kier molecular flexibility index (Phi) is 3.92. The number of aryl methyl sites for hydroxylation is 3. The average molecular weight is 241 g/mol. The van der Waals surface area contributed by atoms with Crippen molar-refractivity contribution in [3.8, 4) is 0 Å². The first kappa shape index (κ1) is 12.6. The minimum atomic E-state index is 0.888. The molecule has 1 N–H and O–H groups in total. The molecular weight excluding hydrogens is 222 g/mol. The van der Waals surface area contributed by atoms with Gasteiger partial charge in [-0.3, -0.25) is 0 Å². The van der Waals surface area contributed by atoms with Gasteiger partial charge in [-0.25, -0.2) is 9.97 Å². The number of nitrogens with one attached hydrogen (secondary N) is 1. The molecule has 2 aromatic rings. The van der Waals surface area contributed by atoms with Crippen LogP contribution in [0.3, 0.4) is 0 Å². The third-order valence-electron chi connectivity index (χ3n) is 2.81. The van der Waals surface area contributed by atoms with Crippen LogP contribution in [0.25, 0.3) is 0 Å². The van der Waals surface area contributed by atoms with E-state index in [1.54, 1.807) is 6.33 Å². The summed E-state index contributed by atoms with van der Waals surface area (Å²) in [5, 5.41) is 3.32. The van der Waals surface area contributed by atoms with Crippen LogP contribution in [0.4, 0.5) is 5.82 Å². The van der Waals surface area contributed by atoms with Crippen LogP contribution in [0.1, 0.15) is 22.4 Å². The van der Waals surface area contributed by atoms with Crippen molar-refractivity contribution < 1.29 is 0 Å². The molecular formula is C15H19N3. The molecule has 0 unspecified atom stereocenters. The van der Waals surface area contributed by atoms with Gasteiger partial charge in [-0.15, -0.1) is 0 Å². The molecule has 3 nitrogen and oxygen atoms in total. The van der Waals surface area contributed by atoms with Gasteiger partial charge in [-0.05, 0) is 32.8 Å². The van der Waals surface area contributed by atoms with Crippen LogP contribution >= 0.6 is 0 Å². The van der Waals surface area contributed by atoms with Gasteiger partial charge in [-0.2, -0.15) is 0 Å². The molecule has 94 valence electrons. The van der Waals surface area contributed by atoms with E-state index in [4.69, 9.17) is 0 Å². The summed E-state index contributed by atoms with van der Waals surface area (Å²) in [6.07, 6.45) is 2.60. The fraction of sp³-hybridized carbons (Fsp3) is 0.333. The first-order valence-corrected chi connectivity index (χ1v) is 6.23. The summed E-state index contributed by atoms with van der Waals surface area (Å²) >= 11 is 0. The second kappa shape index (κ2) is 5.63. The van der Waals surface area contributed by atoms with E-state index in [1.807, 2.05) is 13.0 Å². The monoisotopic (exact) mass is 241 g/mol. The summed E-state index contributed by atoms with van der Waals surface area (Å²) in [5.74, 6) is 0.895. The van der Waals surface area contributed by atoms with Gasteiger partial charge in [0.2, 0.25) is 0 Å². The molecule has 1 aromatic heterocycles. The summed E-state index contributed by atoms with van der Waals surface area (Å²) in [7, 11) is 0. The highest BCUT2D eigenvalue weighted by atomic mass is 15.0. The zero-order chi connectivity index (χ0) is 13.0. The molecule has 1 heterocycles. The smallest absolute Gasteiger partial charge is 0.129 e. The number of aromatic nitrogens is 2. The van der Waals surface area contributed by atoms with Gasteiger partial charge in [0.15, 0.2) is 0 Å². The predicted octanol–water partition coefficient (Wildman–Crippen LogP) is 3.06. The predicted molar refractivity (Wildman–Crippen MR) is 74.9 cm³/mol. The number of nitrogens with zero attached hydrogens (tertiary/aromatic N) is 2. The number of anilines is 1. The SMILES string of the molecule is Cc1cc(C)cc(CCNc2cc(C)ncn2)c1. The molecule has 1 aromatic carbocycles. The van der Waals surface area contributed by atoms with Crippen molar-refractivity contribution in [3.63, 3.8) is 0 Å². The molecule has 3 heteroatoms. The molecule has 0 saturated heterocycles. The maximum atomic E-state index is 4.18. The maximum Gasteiger partial charge on any atom is 0.129 e. The minimum Gasteiger partial charge on any atom is -0.370 e. The van der Waals surface area contributed by atoms with E-state index >= 15 is 0 Å². The molecule has 18 heavy (non-hydrogen) atoms. The number of benzene rings is 1. The Morgan fingerprint density at radius 2 is 1.67 bits per heavy atom. The average Bonchev–Trinajstić information content (AvgIpc) is 2.27. The van der Waals surface area contributed by atoms with Crippen molar-refractivity contribution >= 4 is 5.82 Å². The Balaban J connectivity index is 1.92. The number of hydrogen-bond acceptors (Lipinski definition) is 3. The van der Waals surface area contributed by atoms with Crippen molar-refractivity contribution in [1.29, 1.82) is 0 Å². The van der Waals surface area contributed by atoms with Gasteiger partial charge >= 0.3 is 0 Å². The second-order valence-electron chi connectivity index (χ2n) is 4.72. The summed E-state index contributed by atoms with van der Waals surface area (Å²) < 4.78 is 0. The maximum absolute atomic E-state index is 4.18. The van der Waals surface area contributed by atoms with Crippen molar-refractivity contribution in [1.82, 2.24) is 9.97 Å². The quantitative estimate of drug-likeness (QED) is 0.894. The minimum absolute atomic E-state index is 0.888. The van der Waals surface area contributed by atoms with E-state index in [1.165, 1.54) is 16.7 Å². The number of rotatable bonds is 4. The van der Waals surface area contributed by atoms with Crippen LogP contribution in [0.2, 0.25) is 0 Å². The van der Waals surface area contributed by atoms with Gasteiger partial charge in [0.1, 0.15) is 12.1 Å². The topological polar surface area (TPSA) is 37.8 Å². The van der Waals surface area contributed by atoms with Gasteiger partial charge in [0.05, 0.1) is 0 Å². The van der Waals surface area contributed by atoms with E-state index in [2.05, 4.69) is 47.3 Å². The Hall–Kier alpha value is -1.90. The zero-order valence-corrected chi connectivity index (χ0v) is 11.2. The normalized spacial score (nSPS) is 10.4. The lowest BCUT2D eigenvalue weighted by Crippen LogP contribution is -2.07. The zero-order valence-electron chi connectivity index (χ0n) is 11.2. The van der Waals surface area contributed by atoms with Crippen LogP contribution < -0.4 is 5.32 Å². The number of hydrogen-bond donors (Lipinski definition) is 1.